The average molecular weight is 304 g/mol. The van der Waals surface area contributed by atoms with Crippen molar-refractivity contribution >= 4 is 23.0 Å². The second-order valence-electron chi connectivity index (χ2n) is 5.94. The van der Waals surface area contributed by atoms with E-state index in [0.29, 0.717) is 24.1 Å². The van der Waals surface area contributed by atoms with E-state index in [2.05, 4.69) is 10.3 Å². The van der Waals surface area contributed by atoms with E-state index < -0.39 is 11.7 Å². The van der Waals surface area contributed by atoms with Gasteiger partial charge in [-0.25, -0.2) is 9.78 Å². The summed E-state index contributed by atoms with van der Waals surface area (Å²) in [4.78, 5) is 27.6. The topological polar surface area (TPSA) is 81.4 Å². The van der Waals surface area contributed by atoms with E-state index in [-0.39, 0.29) is 18.1 Å². The van der Waals surface area contributed by atoms with Crippen molar-refractivity contribution in [2.45, 2.75) is 39.2 Å². The number of oxazole rings is 1. The lowest BCUT2D eigenvalue weighted by Gasteiger charge is -2.19. The number of fused-ring (bicyclic) bond motifs is 1. The highest BCUT2D eigenvalue weighted by Crippen LogP contribution is 2.16. The van der Waals surface area contributed by atoms with Gasteiger partial charge in [0.1, 0.15) is 11.1 Å². The molecule has 1 aromatic heterocycles. The molecule has 1 N–H and O–H groups in total. The molecule has 6 nitrogen and oxygen atoms in total. The number of ether oxygens (including phenoxy) is 1. The number of carbonyl (C=O) groups excluding carboxylic acids is 2. The summed E-state index contributed by atoms with van der Waals surface area (Å²) in [7, 11) is 0. The Kier molecular flexibility index (Phi) is 4.80. The summed E-state index contributed by atoms with van der Waals surface area (Å²) in [6, 6.07) is 7.22. The number of aromatic nitrogens is 1. The van der Waals surface area contributed by atoms with Gasteiger partial charge in [-0.05, 0) is 39.3 Å². The Bertz CT molecular complexity index is 637. The molecule has 2 aromatic rings. The summed E-state index contributed by atoms with van der Waals surface area (Å²) >= 11 is 0. The van der Waals surface area contributed by atoms with E-state index in [0.717, 1.165) is 0 Å². The molecule has 1 heterocycles. The molecule has 0 aliphatic rings. The van der Waals surface area contributed by atoms with Crippen molar-refractivity contribution in [1.29, 1.82) is 0 Å². The fourth-order valence-corrected chi connectivity index (χ4v) is 1.85. The predicted octanol–water partition coefficient (Wildman–Crippen LogP) is 3.32. The molecule has 0 radical (unpaired) electrons. The summed E-state index contributed by atoms with van der Waals surface area (Å²) in [5, 5.41) is 2.61. The Labute approximate surface area is 128 Å². The van der Waals surface area contributed by atoms with Crippen LogP contribution in [0.15, 0.2) is 28.7 Å². The van der Waals surface area contributed by atoms with Gasteiger partial charge in [-0.3, -0.25) is 4.79 Å². The molecule has 0 saturated heterocycles. The van der Waals surface area contributed by atoms with Crippen LogP contribution >= 0.6 is 0 Å². The van der Waals surface area contributed by atoms with Crippen LogP contribution in [0.4, 0.5) is 4.79 Å². The summed E-state index contributed by atoms with van der Waals surface area (Å²) in [5.41, 5.74) is 0.730. The van der Waals surface area contributed by atoms with Crippen LogP contribution in [0.1, 0.15) is 44.3 Å². The van der Waals surface area contributed by atoms with Gasteiger partial charge >= 0.3 is 6.09 Å². The Morgan fingerprint density at radius 3 is 2.68 bits per heavy atom. The summed E-state index contributed by atoms with van der Waals surface area (Å²) in [5.74, 6) is -0.0688. The van der Waals surface area contributed by atoms with Gasteiger partial charge in [0.2, 0.25) is 5.78 Å². The van der Waals surface area contributed by atoms with Crippen LogP contribution in [0.25, 0.3) is 11.1 Å². The van der Waals surface area contributed by atoms with Crippen LogP contribution < -0.4 is 5.32 Å². The quantitative estimate of drug-likeness (QED) is 0.677. The molecule has 0 aliphatic carbocycles. The predicted molar refractivity (Wildman–Crippen MR) is 81.8 cm³/mol. The third-order valence-corrected chi connectivity index (χ3v) is 2.78. The number of Topliss-reactive ketones (excluding diaryl/α,β-unsaturated/α-hetero) is 1. The van der Waals surface area contributed by atoms with Gasteiger partial charge in [0.05, 0.1) is 0 Å². The van der Waals surface area contributed by atoms with E-state index in [1.807, 2.05) is 12.1 Å². The van der Waals surface area contributed by atoms with Gasteiger partial charge in [-0.1, -0.05) is 12.1 Å². The number of amides is 1. The number of hydrogen-bond donors (Lipinski definition) is 1. The molecule has 0 atom stereocenters. The van der Waals surface area contributed by atoms with Crippen LogP contribution in [-0.4, -0.2) is 29.0 Å². The zero-order chi connectivity index (χ0) is 16.2. The molecule has 0 bridgehead atoms. The van der Waals surface area contributed by atoms with Gasteiger partial charge in [0, 0.05) is 13.0 Å². The molecule has 1 amide bonds. The molecule has 0 fully saturated rings. The van der Waals surface area contributed by atoms with Crippen molar-refractivity contribution in [3.63, 3.8) is 0 Å². The van der Waals surface area contributed by atoms with E-state index in [4.69, 9.17) is 9.15 Å². The van der Waals surface area contributed by atoms with Gasteiger partial charge < -0.3 is 14.5 Å². The number of ketones is 1. The minimum atomic E-state index is -0.530. The fraction of sp³-hybridized carbons (Fsp3) is 0.438. The Balaban J connectivity index is 1.77. The van der Waals surface area contributed by atoms with Crippen LogP contribution in [0.5, 0.6) is 0 Å². The monoisotopic (exact) mass is 304 g/mol. The lowest BCUT2D eigenvalue weighted by molar-refractivity contribution is 0.0525. The number of para-hydroxylation sites is 2. The first-order valence-corrected chi connectivity index (χ1v) is 7.21. The van der Waals surface area contributed by atoms with Crippen LogP contribution in [0.2, 0.25) is 0 Å². The molecule has 118 valence electrons. The number of hydrogen-bond acceptors (Lipinski definition) is 5. The normalized spacial score (nSPS) is 11.4. The first kappa shape index (κ1) is 16.0. The number of nitrogens with one attached hydrogen (secondary N) is 1. The fourth-order valence-electron chi connectivity index (χ4n) is 1.85. The van der Waals surface area contributed by atoms with Gasteiger partial charge in [0.25, 0.3) is 5.89 Å². The number of alkyl carbamates (subject to hydrolysis) is 1. The molecule has 22 heavy (non-hydrogen) atoms. The van der Waals surface area contributed by atoms with Gasteiger partial charge in [-0.2, -0.15) is 0 Å². The first-order valence-electron chi connectivity index (χ1n) is 7.21. The summed E-state index contributed by atoms with van der Waals surface area (Å²) < 4.78 is 10.5. The number of rotatable bonds is 5. The maximum absolute atomic E-state index is 12.0. The van der Waals surface area contributed by atoms with Crippen molar-refractivity contribution in [3.8, 4) is 0 Å². The average Bonchev–Trinajstić information content (AvgIpc) is 2.85. The third-order valence-electron chi connectivity index (χ3n) is 2.78. The van der Waals surface area contributed by atoms with E-state index in [1.54, 1.807) is 32.9 Å². The Morgan fingerprint density at radius 2 is 2.00 bits per heavy atom. The van der Waals surface area contributed by atoms with Crippen LogP contribution in [0, 0.1) is 0 Å². The minimum absolute atomic E-state index is 0.110. The molecular formula is C16H20N2O4. The third kappa shape index (κ3) is 4.58. The molecule has 0 saturated carbocycles. The maximum Gasteiger partial charge on any atom is 0.407 e. The maximum atomic E-state index is 12.0. The van der Waals surface area contributed by atoms with Crippen molar-refractivity contribution in [2.24, 2.45) is 0 Å². The van der Waals surface area contributed by atoms with Crippen molar-refractivity contribution in [2.75, 3.05) is 6.54 Å². The van der Waals surface area contributed by atoms with Crippen LogP contribution in [-0.2, 0) is 4.74 Å². The summed E-state index contributed by atoms with van der Waals surface area (Å²) in [6.07, 6.45) is 0.265. The molecule has 0 spiro atoms. The summed E-state index contributed by atoms with van der Waals surface area (Å²) in [6.45, 7) is 5.75. The molecule has 1 aromatic carbocycles. The number of benzene rings is 1. The van der Waals surface area contributed by atoms with Crippen molar-refractivity contribution in [3.05, 3.63) is 30.2 Å². The second kappa shape index (κ2) is 6.60. The lowest BCUT2D eigenvalue weighted by Crippen LogP contribution is -2.33. The zero-order valence-corrected chi connectivity index (χ0v) is 13.0. The Hall–Kier alpha value is -2.37. The largest absolute Gasteiger partial charge is 0.444 e. The molecular weight excluding hydrogens is 284 g/mol. The molecule has 2 rings (SSSR count). The smallest absolute Gasteiger partial charge is 0.407 e. The zero-order valence-electron chi connectivity index (χ0n) is 13.0. The molecule has 6 heteroatoms. The highest BCUT2D eigenvalue weighted by atomic mass is 16.6. The number of nitrogens with zero attached hydrogens (tertiary/aromatic N) is 1. The van der Waals surface area contributed by atoms with Gasteiger partial charge in [0.15, 0.2) is 5.58 Å². The van der Waals surface area contributed by atoms with Crippen molar-refractivity contribution < 1.29 is 18.7 Å². The van der Waals surface area contributed by atoms with Gasteiger partial charge in [-0.15, -0.1) is 0 Å². The van der Waals surface area contributed by atoms with E-state index in [9.17, 15) is 9.59 Å². The van der Waals surface area contributed by atoms with E-state index >= 15 is 0 Å². The highest BCUT2D eigenvalue weighted by Gasteiger charge is 2.16. The SMILES string of the molecule is CC(C)(C)OC(=O)NCCCC(=O)c1nc2ccccc2o1. The number of carbonyl (C=O) groups is 2. The van der Waals surface area contributed by atoms with E-state index in [1.165, 1.54) is 0 Å². The van der Waals surface area contributed by atoms with Crippen molar-refractivity contribution in [1.82, 2.24) is 10.3 Å². The molecule has 0 unspecified atom stereocenters. The van der Waals surface area contributed by atoms with Crippen LogP contribution in [0.3, 0.4) is 0 Å². The Morgan fingerprint density at radius 1 is 1.27 bits per heavy atom. The standard InChI is InChI=1S/C16H20N2O4/c1-16(2,3)22-15(20)17-10-6-8-12(19)14-18-11-7-4-5-9-13(11)21-14/h4-5,7,9H,6,8,10H2,1-3H3,(H,17,20). The molecule has 0 aliphatic heterocycles. The highest BCUT2D eigenvalue weighted by molar-refractivity contribution is 5.94. The minimum Gasteiger partial charge on any atom is -0.444 e. The second-order valence-corrected chi connectivity index (χ2v) is 5.94. The lowest BCUT2D eigenvalue weighted by atomic mass is 10.2. The first-order chi connectivity index (χ1) is 10.3.